The molecule has 6 rings (SSSR count). The van der Waals surface area contributed by atoms with Crippen LogP contribution in [0.4, 0.5) is 16.2 Å². The smallest absolute Gasteiger partial charge is 0.410 e. The molecule has 0 radical (unpaired) electrons. The highest BCUT2D eigenvalue weighted by atomic mass is 16.6. The lowest BCUT2D eigenvalue weighted by atomic mass is 9.97. The molecule has 2 aliphatic rings. The van der Waals surface area contributed by atoms with Crippen molar-refractivity contribution in [3.8, 4) is 6.07 Å². The Hall–Kier alpha value is -5.10. The maximum atomic E-state index is 13.1. The number of anilines is 2. The average Bonchev–Trinajstić information content (AvgIpc) is 3.07. The first-order valence-electron chi connectivity index (χ1n) is 15.5. The van der Waals surface area contributed by atoms with Crippen LogP contribution in [-0.2, 0) is 29.0 Å². The van der Waals surface area contributed by atoms with E-state index >= 15 is 0 Å². The third-order valence-electron chi connectivity index (χ3n) is 8.67. The van der Waals surface area contributed by atoms with Crippen LogP contribution < -0.4 is 9.80 Å². The summed E-state index contributed by atoms with van der Waals surface area (Å²) in [5.74, 6) is -0.462. The normalized spacial score (nSPS) is 16.2. The summed E-state index contributed by atoms with van der Waals surface area (Å²) < 4.78 is 11.0. The number of piperazine rings is 1. The van der Waals surface area contributed by atoms with Gasteiger partial charge in [0.25, 0.3) is 0 Å². The maximum Gasteiger partial charge on any atom is 0.410 e. The minimum absolute atomic E-state index is 0.170. The highest BCUT2D eigenvalue weighted by Crippen LogP contribution is 2.36. The van der Waals surface area contributed by atoms with Crippen LogP contribution >= 0.6 is 0 Å². The van der Waals surface area contributed by atoms with Crippen LogP contribution in [0, 0.1) is 18.3 Å². The number of aryl methyl sites for hydroxylation is 1. The number of rotatable bonds is 7. The lowest BCUT2D eigenvalue weighted by molar-refractivity contribution is 0.0519. The second-order valence-corrected chi connectivity index (χ2v) is 11.5. The van der Waals surface area contributed by atoms with Gasteiger partial charge in [-0.05, 0) is 48.9 Å². The number of fused-ring (bicyclic) bond motifs is 2. The van der Waals surface area contributed by atoms with E-state index in [4.69, 9.17) is 14.5 Å². The van der Waals surface area contributed by atoms with Gasteiger partial charge in [0, 0.05) is 48.5 Å². The van der Waals surface area contributed by atoms with Crippen molar-refractivity contribution >= 4 is 34.2 Å². The lowest BCUT2D eigenvalue weighted by Crippen LogP contribution is -2.55. The Labute approximate surface area is 263 Å². The van der Waals surface area contributed by atoms with Crippen LogP contribution in [-0.4, -0.2) is 60.8 Å². The fraction of sp³-hybridized carbons (Fsp3) is 0.333. The molecule has 9 heteroatoms. The Kier molecular flexibility index (Phi) is 8.83. The molecule has 0 bridgehead atoms. The number of nitriles is 1. The second-order valence-electron chi connectivity index (χ2n) is 11.5. The van der Waals surface area contributed by atoms with Gasteiger partial charge in [-0.15, -0.1) is 0 Å². The first-order valence-corrected chi connectivity index (χ1v) is 15.5. The first-order chi connectivity index (χ1) is 22.0. The molecule has 0 saturated carbocycles. The fourth-order valence-electron chi connectivity index (χ4n) is 6.48. The van der Waals surface area contributed by atoms with Crippen molar-refractivity contribution in [3.05, 3.63) is 101 Å². The Morgan fingerprint density at radius 3 is 2.53 bits per heavy atom. The Bertz CT molecular complexity index is 1750. The number of amides is 1. The Morgan fingerprint density at radius 1 is 0.956 bits per heavy atom. The summed E-state index contributed by atoms with van der Waals surface area (Å²) >= 11 is 0. The van der Waals surface area contributed by atoms with Crippen molar-refractivity contribution in [1.29, 1.82) is 5.26 Å². The third-order valence-corrected chi connectivity index (χ3v) is 8.67. The van der Waals surface area contributed by atoms with Crippen molar-refractivity contribution in [1.82, 2.24) is 9.88 Å². The van der Waals surface area contributed by atoms with Gasteiger partial charge in [0.15, 0.2) is 5.69 Å². The Morgan fingerprint density at radius 2 is 1.76 bits per heavy atom. The predicted molar refractivity (Wildman–Crippen MR) is 173 cm³/mol. The first kappa shape index (κ1) is 29.9. The minimum Gasteiger partial charge on any atom is -0.461 e. The van der Waals surface area contributed by atoms with Crippen LogP contribution in [0.2, 0.25) is 0 Å². The van der Waals surface area contributed by atoms with E-state index < -0.39 is 12.1 Å². The SMILES string of the molecule is CCOC(=O)c1cc(N2CCN(C(=O)OCc3ccccc3)[C@@H](CC#N)C2)c2c(n1)CN(c1cccc3cccc(C)c13)CC2. The van der Waals surface area contributed by atoms with Crippen molar-refractivity contribution in [2.45, 2.75) is 45.9 Å². The van der Waals surface area contributed by atoms with E-state index in [-0.39, 0.29) is 31.4 Å². The highest BCUT2D eigenvalue weighted by molar-refractivity contribution is 5.97. The predicted octanol–water partition coefficient (Wildman–Crippen LogP) is 6.02. The zero-order valence-electron chi connectivity index (χ0n) is 25.7. The quantitative estimate of drug-likeness (QED) is 0.237. The monoisotopic (exact) mass is 603 g/mol. The second kappa shape index (κ2) is 13.3. The summed E-state index contributed by atoms with van der Waals surface area (Å²) in [6.45, 7) is 7.06. The maximum absolute atomic E-state index is 13.1. The summed E-state index contributed by atoms with van der Waals surface area (Å²) in [4.78, 5) is 37.2. The Balaban J connectivity index is 1.28. The van der Waals surface area contributed by atoms with Crippen LogP contribution in [0.3, 0.4) is 0 Å². The van der Waals surface area contributed by atoms with Gasteiger partial charge >= 0.3 is 12.1 Å². The van der Waals surface area contributed by atoms with Gasteiger partial charge < -0.3 is 24.2 Å². The van der Waals surface area contributed by atoms with Gasteiger partial charge in [-0.3, -0.25) is 0 Å². The van der Waals surface area contributed by atoms with Crippen molar-refractivity contribution in [2.75, 3.05) is 42.6 Å². The number of carbonyl (C=O) groups is 2. The van der Waals surface area contributed by atoms with E-state index in [9.17, 15) is 14.9 Å². The van der Waals surface area contributed by atoms with Gasteiger partial charge in [0.1, 0.15) is 6.61 Å². The van der Waals surface area contributed by atoms with Gasteiger partial charge in [0.2, 0.25) is 0 Å². The molecule has 2 aliphatic heterocycles. The van der Waals surface area contributed by atoms with Crippen molar-refractivity contribution < 1.29 is 19.1 Å². The number of pyridine rings is 1. The molecule has 0 N–H and O–H groups in total. The summed E-state index contributed by atoms with van der Waals surface area (Å²) in [5.41, 5.74) is 6.38. The summed E-state index contributed by atoms with van der Waals surface area (Å²) in [6.07, 6.45) is 0.484. The molecule has 4 aromatic rings. The number of ether oxygens (including phenoxy) is 2. The van der Waals surface area contributed by atoms with Gasteiger partial charge in [-0.25, -0.2) is 14.6 Å². The number of carbonyl (C=O) groups excluding carboxylic acids is 2. The highest BCUT2D eigenvalue weighted by Gasteiger charge is 2.34. The molecule has 1 atom stereocenters. The number of hydrogen-bond acceptors (Lipinski definition) is 8. The van der Waals surface area contributed by atoms with Crippen LogP contribution in [0.25, 0.3) is 10.8 Å². The van der Waals surface area contributed by atoms with E-state index in [1.807, 2.05) is 36.4 Å². The van der Waals surface area contributed by atoms with E-state index in [2.05, 4.69) is 59.2 Å². The molecule has 45 heavy (non-hydrogen) atoms. The molecular weight excluding hydrogens is 566 g/mol. The summed E-state index contributed by atoms with van der Waals surface area (Å²) in [6, 6.07) is 26.0. The molecule has 1 fully saturated rings. The molecule has 0 unspecified atom stereocenters. The average molecular weight is 604 g/mol. The van der Waals surface area contributed by atoms with Crippen LogP contribution in [0.15, 0.2) is 72.8 Å². The summed E-state index contributed by atoms with van der Waals surface area (Å²) in [7, 11) is 0. The van der Waals surface area contributed by atoms with Gasteiger partial charge in [-0.1, -0.05) is 60.7 Å². The lowest BCUT2D eigenvalue weighted by Gasteiger charge is -2.42. The third kappa shape index (κ3) is 6.27. The molecule has 230 valence electrons. The largest absolute Gasteiger partial charge is 0.461 e. The number of benzene rings is 3. The summed E-state index contributed by atoms with van der Waals surface area (Å²) in [5, 5.41) is 12.1. The zero-order chi connectivity index (χ0) is 31.3. The fourth-order valence-corrected chi connectivity index (χ4v) is 6.48. The molecule has 0 spiro atoms. The molecule has 0 aliphatic carbocycles. The number of nitrogens with zero attached hydrogens (tertiary/aromatic N) is 5. The van der Waals surface area contributed by atoms with E-state index in [1.165, 1.54) is 16.3 Å². The number of aromatic nitrogens is 1. The van der Waals surface area contributed by atoms with Gasteiger partial charge in [0.05, 0.1) is 37.4 Å². The molecule has 3 aromatic carbocycles. The number of esters is 1. The van der Waals surface area contributed by atoms with E-state index in [0.717, 1.165) is 41.2 Å². The van der Waals surface area contributed by atoms with E-state index in [1.54, 1.807) is 11.8 Å². The molecule has 1 amide bonds. The minimum atomic E-state index is -0.462. The van der Waals surface area contributed by atoms with Crippen molar-refractivity contribution in [2.24, 2.45) is 0 Å². The van der Waals surface area contributed by atoms with E-state index in [0.29, 0.717) is 26.2 Å². The molecule has 9 nitrogen and oxygen atoms in total. The molecule has 1 aromatic heterocycles. The topological polar surface area (TPSA) is 99.0 Å². The van der Waals surface area contributed by atoms with Crippen molar-refractivity contribution in [3.63, 3.8) is 0 Å². The molecular formula is C36H37N5O4. The molecule has 1 saturated heterocycles. The molecule has 3 heterocycles. The van der Waals surface area contributed by atoms with Crippen LogP contribution in [0.5, 0.6) is 0 Å². The standard InChI is InChI=1S/C36H37N5O4/c1-3-44-35(42)30-21-33(40-19-20-41(28(22-40)15-17-37)36(43)45-24-26-10-5-4-6-11-26)29-16-18-39(23-31(29)38-30)32-14-8-13-27-12-7-9-25(2)34(27)32/h4-14,21,28H,3,15-16,18-20,22-24H2,1-2H3/t28-/m0/s1. The van der Waals surface area contributed by atoms with Gasteiger partial charge in [-0.2, -0.15) is 5.26 Å². The number of hydrogen-bond donors (Lipinski definition) is 0. The zero-order valence-corrected chi connectivity index (χ0v) is 25.7. The van der Waals surface area contributed by atoms with Crippen LogP contribution in [0.1, 0.15) is 46.2 Å².